The predicted octanol–water partition coefficient (Wildman–Crippen LogP) is 5.60. The number of nitrogens with zero attached hydrogens (tertiary/aromatic N) is 4. The molecule has 0 radical (unpaired) electrons. The van der Waals surface area contributed by atoms with Crippen LogP contribution in [0.15, 0.2) is 54.7 Å². The molecule has 30 heavy (non-hydrogen) atoms. The predicted molar refractivity (Wildman–Crippen MR) is 121 cm³/mol. The SMILES string of the molecule is Cc1cc(CN(C)C)cc(C)c1Oc1nc(Cl)nc2ccn(Cc3ccccc3)c12. The Morgan fingerprint density at radius 2 is 1.67 bits per heavy atom. The summed E-state index contributed by atoms with van der Waals surface area (Å²) >= 11 is 6.20. The third-order valence-corrected chi connectivity index (χ3v) is 5.13. The van der Waals surface area contributed by atoms with Gasteiger partial charge in [-0.3, -0.25) is 0 Å². The van der Waals surface area contributed by atoms with E-state index in [0.29, 0.717) is 12.4 Å². The molecule has 0 bridgehead atoms. The van der Waals surface area contributed by atoms with E-state index in [-0.39, 0.29) is 5.28 Å². The highest BCUT2D eigenvalue weighted by atomic mass is 35.5. The van der Waals surface area contributed by atoms with Crippen LogP contribution in [0.5, 0.6) is 11.6 Å². The molecule has 2 heterocycles. The van der Waals surface area contributed by atoms with Gasteiger partial charge in [-0.15, -0.1) is 0 Å². The summed E-state index contributed by atoms with van der Waals surface area (Å²) in [5.74, 6) is 1.28. The standard InChI is InChI=1S/C24H25ClN4O/c1-16-12-19(14-28(3)4)13-17(2)22(16)30-23-21-20(26-24(25)27-23)10-11-29(21)15-18-8-6-5-7-9-18/h5-13H,14-15H2,1-4H3. The molecule has 4 aromatic rings. The van der Waals surface area contributed by atoms with Crippen LogP contribution in [0.25, 0.3) is 11.0 Å². The molecule has 0 amide bonds. The van der Waals surface area contributed by atoms with Crippen molar-refractivity contribution in [2.75, 3.05) is 14.1 Å². The van der Waals surface area contributed by atoms with Gasteiger partial charge in [0, 0.05) is 19.3 Å². The fourth-order valence-corrected chi connectivity index (χ4v) is 3.95. The van der Waals surface area contributed by atoms with Gasteiger partial charge in [-0.2, -0.15) is 4.98 Å². The second-order valence-corrected chi connectivity index (χ2v) is 8.20. The maximum atomic E-state index is 6.36. The fraction of sp³-hybridized carbons (Fsp3) is 0.250. The van der Waals surface area contributed by atoms with Gasteiger partial charge in [-0.25, -0.2) is 4.98 Å². The van der Waals surface area contributed by atoms with E-state index >= 15 is 0 Å². The minimum Gasteiger partial charge on any atom is -0.436 e. The average Bonchev–Trinajstić information content (AvgIpc) is 3.07. The molecule has 4 rings (SSSR count). The highest BCUT2D eigenvalue weighted by Crippen LogP contribution is 2.34. The molecule has 6 heteroatoms. The van der Waals surface area contributed by atoms with Crippen molar-refractivity contribution < 1.29 is 4.74 Å². The van der Waals surface area contributed by atoms with Crippen molar-refractivity contribution in [2.24, 2.45) is 0 Å². The van der Waals surface area contributed by atoms with Crippen molar-refractivity contribution >= 4 is 22.6 Å². The van der Waals surface area contributed by atoms with Gasteiger partial charge >= 0.3 is 0 Å². The number of ether oxygens (including phenoxy) is 1. The Morgan fingerprint density at radius 1 is 0.967 bits per heavy atom. The second-order valence-electron chi connectivity index (χ2n) is 7.86. The van der Waals surface area contributed by atoms with Crippen molar-refractivity contribution in [1.82, 2.24) is 19.4 Å². The van der Waals surface area contributed by atoms with Crippen molar-refractivity contribution in [3.63, 3.8) is 0 Å². The van der Waals surface area contributed by atoms with E-state index in [9.17, 15) is 0 Å². The largest absolute Gasteiger partial charge is 0.436 e. The summed E-state index contributed by atoms with van der Waals surface area (Å²) in [5, 5.41) is 0.175. The molecule has 2 aromatic heterocycles. The van der Waals surface area contributed by atoms with Crippen molar-refractivity contribution in [3.8, 4) is 11.6 Å². The molecule has 0 aliphatic rings. The van der Waals surface area contributed by atoms with Crippen LogP contribution in [-0.2, 0) is 13.1 Å². The average molecular weight is 421 g/mol. The quantitative estimate of drug-likeness (QED) is 0.380. The molecule has 0 aliphatic carbocycles. The van der Waals surface area contributed by atoms with E-state index < -0.39 is 0 Å². The molecule has 0 saturated carbocycles. The summed E-state index contributed by atoms with van der Waals surface area (Å²) in [6.45, 7) is 5.70. The first kappa shape index (κ1) is 20.4. The van der Waals surface area contributed by atoms with Crippen molar-refractivity contribution in [3.05, 3.63) is 82.3 Å². The monoisotopic (exact) mass is 420 g/mol. The molecule has 0 unspecified atom stereocenters. The van der Waals surface area contributed by atoms with Crippen LogP contribution < -0.4 is 4.74 Å². The van der Waals surface area contributed by atoms with Crippen LogP contribution in [0.1, 0.15) is 22.3 Å². The second kappa shape index (κ2) is 8.46. The highest BCUT2D eigenvalue weighted by molar-refractivity contribution is 6.28. The maximum absolute atomic E-state index is 6.36. The van der Waals surface area contributed by atoms with Crippen molar-refractivity contribution in [1.29, 1.82) is 0 Å². The third kappa shape index (κ3) is 4.32. The van der Waals surface area contributed by atoms with Crippen LogP contribution in [0, 0.1) is 13.8 Å². The molecular formula is C24H25ClN4O. The molecule has 0 aliphatic heterocycles. The summed E-state index contributed by atoms with van der Waals surface area (Å²) in [6, 6.07) is 16.5. The van der Waals surface area contributed by atoms with Gasteiger partial charge in [0.05, 0.1) is 5.52 Å². The number of fused-ring (bicyclic) bond motifs is 1. The number of hydrogen-bond donors (Lipinski definition) is 0. The molecule has 2 aromatic carbocycles. The molecule has 154 valence electrons. The zero-order chi connectivity index (χ0) is 21.3. The number of halogens is 1. The summed E-state index contributed by atoms with van der Waals surface area (Å²) in [4.78, 5) is 11.0. The van der Waals surface area contributed by atoms with Gasteiger partial charge in [0.1, 0.15) is 11.3 Å². The topological polar surface area (TPSA) is 43.2 Å². The Bertz CT molecular complexity index is 1160. The van der Waals surface area contributed by atoms with Gasteiger partial charge < -0.3 is 14.2 Å². The Labute approximate surface area is 181 Å². The van der Waals surface area contributed by atoms with Crippen LogP contribution in [0.3, 0.4) is 0 Å². The molecule has 0 atom stereocenters. The van der Waals surface area contributed by atoms with Gasteiger partial charge in [0.2, 0.25) is 11.2 Å². The Balaban J connectivity index is 1.75. The Kier molecular flexibility index (Phi) is 5.75. The van der Waals surface area contributed by atoms with E-state index in [2.05, 4.69) is 71.6 Å². The first-order chi connectivity index (χ1) is 14.4. The first-order valence-electron chi connectivity index (χ1n) is 9.89. The minimum absolute atomic E-state index is 0.175. The van der Waals surface area contributed by atoms with Crippen LogP contribution in [0.4, 0.5) is 0 Å². The number of aromatic nitrogens is 3. The smallest absolute Gasteiger partial charge is 0.248 e. The van der Waals surface area contributed by atoms with Gasteiger partial charge in [-0.05, 0) is 67.9 Å². The van der Waals surface area contributed by atoms with E-state index in [1.807, 2.05) is 30.5 Å². The molecule has 0 spiro atoms. The Morgan fingerprint density at radius 3 is 2.33 bits per heavy atom. The van der Waals surface area contributed by atoms with Gasteiger partial charge in [0.15, 0.2) is 0 Å². The highest BCUT2D eigenvalue weighted by Gasteiger charge is 2.17. The van der Waals surface area contributed by atoms with E-state index in [1.165, 1.54) is 11.1 Å². The zero-order valence-corrected chi connectivity index (χ0v) is 18.4. The molecule has 0 N–H and O–H groups in total. The number of benzene rings is 2. The number of rotatable bonds is 6. The molecule has 0 fully saturated rings. The summed E-state index contributed by atoms with van der Waals surface area (Å²) in [7, 11) is 4.13. The Hall–Kier alpha value is -2.89. The first-order valence-corrected chi connectivity index (χ1v) is 10.3. The number of hydrogen-bond acceptors (Lipinski definition) is 4. The maximum Gasteiger partial charge on any atom is 0.248 e. The lowest BCUT2D eigenvalue weighted by Crippen LogP contribution is -2.11. The normalized spacial score (nSPS) is 11.4. The van der Waals surface area contributed by atoms with E-state index in [0.717, 1.165) is 34.5 Å². The van der Waals surface area contributed by atoms with Gasteiger partial charge in [0.25, 0.3) is 0 Å². The fourth-order valence-electron chi connectivity index (χ4n) is 3.78. The minimum atomic E-state index is 0.175. The van der Waals surface area contributed by atoms with E-state index in [1.54, 1.807) is 0 Å². The summed E-state index contributed by atoms with van der Waals surface area (Å²) in [6.07, 6.45) is 2.00. The lowest BCUT2D eigenvalue weighted by molar-refractivity contribution is 0.401. The third-order valence-electron chi connectivity index (χ3n) is 4.96. The van der Waals surface area contributed by atoms with E-state index in [4.69, 9.17) is 16.3 Å². The number of aryl methyl sites for hydroxylation is 2. The summed E-state index contributed by atoms with van der Waals surface area (Å²) < 4.78 is 8.46. The molecule has 5 nitrogen and oxygen atoms in total. The van der Waals surface area contributed by atoms with Crippen LogP contribution in [-0.4, -0.2) is 33.5 Å². The van der Waals surface area contributed by atoms with Crippen LogP contribution >= 0.6 is 11.6 Å². The molecular weight excluding hydrogens is 396 g/mol. The zero-order valence-electron chi connectivity index (χ0n) is 17.7. The summed E-state index contributed by atoms with van der Waals surface area (Å²) in [5.41, 5.74) is 6.17. The van der Waals surface area contributed by atoms with Crippen LogP contribution in [0.2, 0.25) is 5.28 Å². The molecule has 0 saturated heterocycles. The lowest BCUT2D eigenvalue weighted by atomic mass is 10.1. The lowest BCUT2D eigenvalue weighted by Gasteiger charge is -2.16. The van der Waals surface area contributed by atoms with Gasteiger partial charge in [-0.1, -0.05) is 42.5 Å². The van der Waals surface area contributed by atoms with Crippen molar-refractivity contribution in [2.45, 2.75) is 26.9 Å².